The van der Waals surface area contributed by atoms with Crippen molar-refractivity contribution in [2.45, 2.75) is 39.8 Å². The van der Waals surface area contributed by atoms with E-state index in [2.05, 4.69) is 5.16 Å². The van der Waals surface area contributed by atoms with E-state index in [9.17, 15) is 4.79 Å². The molecule has 3 rings (SSSR count). The Morgan fingerprint density at radius 1 is 1.30 bits per heavy atom. The summed E-state index contributed by atoms with van der Waals surface area (Å²) in [5, 5.41) is 6.11. The number of benzene rings is 1. The van der Waals surface area contributed by atoms with Gasteiger partial charge in [-0.3, -0.25) is 4.79 Å². The molecule has 0 atom stereocenters. The molecule has 30 heavy (non-hydrogen) atoms. The summed E-state index contributed by atoms with van der Waals surface area (Å²) in [4.78, 5) is 15.7. The topological polar surface area (TPSA) is 64.8 Å². The quantitative estimate of drug-likeness (QED) is 0.423. The molecule has 0 spiro atoms. The fourth-order valence-corrected chi connectivity index (χ4v) is 3.98. The molecule has 0 N–H and O–H groups in total. The van der Waals surface area contributed by atoms with E-state index in [-0.39, 0.29) is 11.1 Å². The molecule has 0 aliphatic heterocycles. The molecule has 2 heterocycles. The molecule has 0 radical (unpaired) electrons. The van der Waals surface area contributed by atoms with Crippen LogP contribution in [-0.2, 0) is 24.4 Å². The van der Waals surface area contributed by atoms with Gasteiger partial charge in [-0.15, -0.1) is 11.3 Å². The monoisotopic (exact) mass is 448 g/mol. The third-order valence-corrected chi connectivity index (χ3v) is 5.96. The van der Waals surface area contributed by atoms with Crippen molar-refractivity contribution in [3.8, 4) is 11.5 Å². The number of aromatic nitrogens is 1. The summed E-state index contributed by atoms with van der Waals surface area (Å²) in [7, 11) is 1.62. The molecule has 6 nitrogen and oxygen atoms in total. The summed E-state index contributed by atoms with van der Waals surface area (Å²) in [6.45, 7) is 5.38. The average Bonchev–Trinajstić information content (AvgIpc) is 3.39. The van der Waals surface area contributed by atoms with Gasteiger partial charge < -0.3 is 18.9 Å². The lowest BCUT2D eigenvalue weighted by atomic mass is 10.1. The van der Waals surface area contributed by atoms with Crippen molar-refractivity contribution in [1.29, 1.82) is 0 Å². The van der Waals surface area contributed by atoms with Gasteiger partial charge in [0.05, 0.1) is 12.8 Å². The minimum Gasteiger partial charge on any atom is -0.493 e. The van der Waals surface area contributed by atoms with Gasteiger partial charge in [-0.25, -0.2) is 0 Å². The van der Waals surface area contributed by atoms with Gasteiger partial charge in [-0.05, 0) is 61.0 Å². The zero-order valence-corrected chi connectivity index (χ0v) is 18.9. The number of carbonyl (C=O) groups is 1. The van der Waals surface area contributed by atoms with E-state index in [0.29, 0.717) is 44.0 Å². The molecule has 0 saturated heterocycles. The van der Waals surface area contributed by atoms with Crippen LogP contribution in [0.3, 0.4) is 0 Å². The van der Waals surface area contributed by atoms with Crippen molar-refractivity contribution >= 4 is 28.8 Å². The predicted octanol–water partition coefficient (Wildman–Crippen LogP) is 5.27. The van der Waals surface area contributed by atoms with Crippen LogP contribution in [0.5, 0.6) is 11.5 Å². The Morgan fingerprint density at radius 3 is 2.77 bits per heavy atom. The largest absolute Gasteiger partial charge is 0.493 e. The highest BCUT2D eigenvalue weighted by atomic mass is 35.5. The number of hydrogen-bond acceptors (Lipinski definition) is 6. The molecule has 2 aromatic heterocycles. The smallest absolute Gasteiger partial charge is 0.229 e. The lowest BCUT2D eigenvalue weighted by molar-refractivity contribution is -0.131. The van der Waals surface area contributed by atoms with Gasteiger partial charge in [-0.1, -0.05) is 17.3 Å². The molecular weight excluding hydrogens is 424 g/mol. The first-order chi connectivity index (χ1) is 14.5. The molecule has 0 fully saturated rings. The zero-order valence-electron chi connectivity index (χ0n) is 17.3. The fourth-order valence-electron chi connectivity index (χ4n) is 3.10. The number of hydrogen-bond donors (Lipinski definition) is 0. The van der Waals surface area contributed by atoms with Gasteiger partial charge in [0.15, 0.2) is 11.5 Å². The van der Waals surface area contributed by atoms with Crippen LogP contribution in [0.4, 0.5) is 0 Å². The van der Waals surface area contributed by atoms with E-state index >= 15 is 0 Å². The first kappa shape index (κ1) is 22.2. The highest BCUT2D eigenvalue weighted by Gasteiger charge is 2.17. The van der Waals surface area contributed by atoms with Crippen LogP contribution < -0.4 is 9.47 Å². The highest BCUT2D eigenvalue weighted by molar-refractivity contribution is 7.09. The number of amides is 1. The van der Waals surface area contributed by atoms with Crippen LogP contribution in [0.1, 0.15) is 35.0 Å². The normalized spacial score (nSPS) is 10.8. The Kier molecular flexibility index (Phi) is 7.76. The zero-order chi connectivity index (χ0) is 21.5. The second-order valence-corrected chi connectivity index (χ2v) is 8.16. The average molecular weight is 449 g/mol. The Balaban J connectivity index is 1.61. The van der Waals surface area contributed by atoms with Gasteiger partial charge in [0.25, 0.3) is 0 Å². The van der Waals surface area contributed by atoms with Crippen molar-refractivity contribution in [2.75, 3.05) is 13.7 Å². The standard InChI is InChI=1S/C22H25ClN2O4S/c1-4-25(21(26)10-8-18-15(2)24-29-22(18)23)13-16-7-9-19(20(12-16)27-3)28-14-17-6-5-11-30-17/h5-7,9,11-12H,4,8,10,13-14H2,1-3H3. The van der Waals surface area contributed by atoms with Crippen LogP contribution in [-0.4, -0.2) is 29.6 Å². The molecule has 8 heteroatoms. The molecule has 0 bridgehead atoms. The maximum Gasteiger partial charge on any atom is 0.229 e. The third-order valence-electron chi connectivity index (χ3n) is 4.81. The van der Waals surface area contributed by atoms with Crippen molar-refractivity contribution in [1.82, 2.24) is 10.1 Å². The fraction of sp³-hybridized carbons (Fsp3) is 0.364. The Morgan fingerprint density at radius 2 is 2.13 bits per heavy atom. The van der Waals surface area contributed by atoms with Crippen molar-refractivity contribution < 1.29 is 18.8 Å². The van der Waals surface area contributed by atoms with E-state index in [1.54, 1.807) is 23.3 Å². The van der Waals surface area contributed by atoms with Crippen LogP contribution in [0.25, 0.3) is 0 Å². The summed E-state index contributed by atoms with van der Waals surface area (Å²) in [6.07, 6.45) is 0.844. The van der Waals surface area contributed by atoms with Gasteiger partial charge in [0.2, 0.25) is 11.1 Å². The predicted molar refractivity (Wildman–Crippen MR) is 117 cm³/mol. The molecule has 1 aromatic carbocycles. The SMILES string of the molecule is CCN(Cc1ccc(OCc2cccs2)c(OC)c1)C(=O)CCc1c(C)noc1Cl. The number of ether oxygens (including phenoxy) is 2. The number of methoxy groups -OCH3 is 1. The number of thiophene rings is 1. The Hall–Kier alpha value is -2.51. The van der Waals surface area contributed by atoms with Crippen LogP contribution in [0, 0.1) is 6.92 Å². The molecule has 0 aliphatic carbocycles. The Labute approximate surface area is 185 Å². The molecule has 1 amide bonds. The summed E-state index contributed by atoms with van der Waals surface area (Å²) in [5.74, 6) is 1.38. The lowest BCUT2D eigenvalue weighted by Crippen LogP contribution is -2.30. The van der Waals surface area contributed by atoms with Crippen LogP contribution in [0.2, 0.25) is 5.22 Å². The van der Waals surface area contributed by atoms with Crippen LogP contribution >= 0.6 is 22.9 Å². The maximum atomic E-state index is 12.7. The Bertz CT molecular complexity index is 952. The number of nitrogens with zero attached hydrogens (tertiary/aromatic N) is 2. The van der Waals surface area contributed by atoms with E-state index in [0.717, 1.165) is 21.7 Å². The number of halogens is 1. The second-order valence-electron chi connectivity index (χ2n) is 6.78. The van der Waals surface area contributed by atoms with Crippen molar-refractivity contribution in [3.05, 3.63) is 62.6 Å². The summed E-state index contributed by atoms with van der Waals surface area (Å²) < 4.78 is 16.3. The number of aryl methyl sites for hydroxylation is 1. The van der Waals surface area contributed by atoms with Gasteiger partial charge in [0.1, 0.15) is 6.61 Å². The molecule has 0 saturated carbocycles. The highest BCUT2D eigenvalue weighted by Crippen LogP contribution is 2.30. The summed E-state index contributed by atoms with van der Waals surface area (Å²) in [5.41, 5.74) is 2.48. The van der Waals surface area contributed by atoms with Gasteiger partial charge in [0, 0.05) is 30.0 Å². The third kappa shape index (κ3) is 5.55. The van der Waals surface area contributed by atoms with Crippen molar-refractivity contribution in [3.63, 3.8) is 0 Å². The van der Waals surface area contributed by atoms with E-state index in [1.807, 2.05) is 49.6 Å². The number of carbonyl (C=O) groups excluding carboxylic acids is 1. The summed E-state index contributed by atoms with van der Waals surface area (Å²) in [6, 6.07) is 9.80. The molecule has 0 aliphatic rings. The molecule has 160 valence electrons. The minimum absolute atomic E-state index is 0.0474. The van der Waals surface area contributed by atoms with Gasteiger partial charge >= 0.3 is 0 Å². The van der Waals surface area contributed by atoms with E-state index in [4.69, 9.17) is 25.6 Å². The van der Waals surface area contributed by atoms with Gasteiger partial charge in [-0.2, -0.15) is 0 Å². The van der Waals surface area contributed by atoms with Crippen molar-refractivity contribution in [2.24, 2.45) is 0 Å². The lowest BCUT2D eigenvalue weighted by Gasteiger charge is -2.22. The minimum atomic E-state index is 0.0474. The molecule has 0 unspecified atom stereocenters. The second kappa shape index (κ2) is 10.5. The van der Waals surface area contributed by atoms with E-state index < -0.39 is 0 Å². The number of rotatable bonds is 10. The molecular formula is C22H25ClN2O4S. The molecule has 3 aromatic rings. The van der Waals surface area contributed by atoms with Crippen LogP contribution in [0.15, 0.2) is 40.2 Å². The first-order valence-electron chi connectivity index (χ1n) is 9.72. The summed E-state index contributed by atoms with van der Waals surface area (Å²) >= 11 is 7.65. The maximum absolute atomic E-state index is 12.7. The first-order valence-corrected chi connectivity index (χ1v) is 11.0. The van der Waals surface area contributed by atoms with E-state index in [1.165, 1.54) is 0 Å².